The Kier molecular flexibility index (Phi) is 4.19. The van der Waals surface area contributed by atoms with Gasteiger partial charge in [-0.25, -0.2) is 0 Å². The smallest absolute Gasteiger partial charge is 0.0312 e. The topological polar surface area (TPSA) is 47.7 Å². The minimum Gasteiger partial charge on any atom is -0.305 e. The summed E-state index contributed by atoms with van der Waals surface area (Å²) in [4.78, 5) is 0. The largest absolute Gasteiger partial charge is 0.305 e. The summed E-state index contributed by atoms with van der Waals surface area (Å²) < 4.78 is 0. The standard InChI is InChI=1S/C10H16N2/c1-7(9(3)11)5-6-8(2)10(4)12/h5-6,11-12H,1-4H3/b7-5+,8-6+,11-9?,12-10?. The van der Waals surface area contributed by atoms with Crippen LogP contribution >= 0.6 is 0 Å². The van der Waals surface area contributed by atoms with Gasteiger partial charge < -0.3 is 10.8 Å². The zero-order valence-corrected chi connectivity index (χ0v) is 8.15. The maximum absolute atomic E-state index is 7.30. The van der Waals surface area contributed by atoms with Crippen LogP contribution in [0, 0.1) is 10.8 Å². The van der Waals surface area contributed by atoms with Crippen molar-refractivity contribution in [3.63, 3.8) is 0 Å². The van der Waals surface area contributed by atoms with Crippen LogP contribution in [0.25, 0.3) is 0 Å². The first-order chi connectivity index (χ1) is 5.45. The number of hydrogen-bond donors (Lipinski definition) is 2. The lowest BCUT2D eigenvalue weighted by Crippen LogP contribution is -1.91. The molecule has 0 saturated heterocycles. The number of allylic oxidation sites excluding steroid dienone is 4. The second-order valence-corrected chi connectivity index (χ2v) is 2.95. The van der Waals surface area contributed by atoms with Gasteiger partial charge in [0.25, 0.3) is 0 Å². The summed E-state index contributed by atoms with van der Waals surface area (Å²) in [6.45, 7) is 7.30. The van der Waals surface area contributed by atoms with E-state index in [4.69, 9.17) is 10.8 Å². The van der Waals surface area contributed by atoms with Gasteiger partial charge in [-0.05, 0) is 38.8 Å². The Morgan fingerprint density at radius 1 is 0.750 bits per heavy atom. The summed E-state index contributed by atoms with van der Waals surface area (Å²) in [5.41, 5.74) is 3.02. The van der Waals surface area contributed by atoms with Crippen molar-refractivity contribution in [3.05, 3.63) is 23.3 Å². The Morgan fingerprint density at radius 2 is 1.00 bits per heavy atom. The van der Waals surface area contributed by atoms with Crippen LogP contribution in [-0.2, 0) is 0 Å². The van der Waals surface area contributed by atoms with Crippen molar-refractivity contribution in [2.75, 3.05) is 0 Å². The van der Waals surface area contributed by atoms with E-state index in [1.165, 1.54) is 0 Å². The molecule has 0 spiro atoms. The molecule has 0 aromatic rings. The predicted molar refractivity (Wildman–Crippen MR) is 54.3 cm³/mol. The van der Waals surface area contributed by atoms with Crippen LogP contribution in [0.2, 0.25) is 0 Å². The zero-order valence-electron chi connectivity index (χ0n) is 8.15. The third kappa shape index (κ3) is 3.86. The number of hydrogen-bond acceptors (Lipinski definition) is 2. The van der Waals surface area contributed by atoms with E-state index in [0.29, 0.717) is 11.4 Å². The van der Waals surface area contributed by atoms with E-state index in [2.05, 4.69) is 0 Å². The van der Waals surface area contributed by atoms with Crippen LogP contribution in [0.4, 0.5) is 0 Å². The van der Waals surface area contributed by atoms with E-state index in [9.17, 15) is 0 Å². The van der Waals surface area contributed by atoms with Crippen LogP contribution in [0.1, 0.15) is 27.7 Å². The van der Waals surface area contributed by atoms with Gasteiger partial charge in [0.15, 0.2) is 0 Å². The van der Waals surface area contributed by atoms with Crippen molar-refractivity contribution >= 4 is 11.4 Å². The van der Waals surface area contributed by atoms with Crippen molar-refractivity contribution in [3.8, 4) is 0 Å². The second kappa shape index (κ2) is 4.65. The van der Waals surface area contributed by atoms with Crippen molar-refractivity contribution in [2.45, 2.75) is 27.7 Å². The highest BCUT2D eigenvalue weighted by Gasteiger charge is 1.91. The summed E-state index contributed by atoms with van der Waals surface area (Å²) in [5, 5.41) is 14.6. The summed E-state index contributed by atoms with van der Waals surface area (Å²) >= 11 is 0. The molecule has 0 aliphatic heterocycles. The van der Waals surface area contributed by atoms with Gasteiger partial charge in [0.1, 0.15) is 0 Å². The third-order valence-corrected chi connectivity index (χ3v) is 1.77. The van der Waals surface area contributed by atoms with E-state index in [1.54, 1.807) is 13.8 Å². The number of rotatable bonds is 3. The highest BCUT2D eigenvalue weighted by molar-refractivity contribution is 5.97. The van der Waals surface area contributed by atoms with Crippen molar-refractivity contribution < 1.29 is 0 Å². The molecule has 66 valence electrons. The van der Waals surface area contributed by atoms with Gasteiger partial charge in [-0.1, -0.05) is 12.2 Å². The fourth-order valence-corrected chi connectivity index (χ4v) is 0.500. The Labute approximate surface area is 74.0 Å². The second-order valence-electron chi connectivity index (χ2n) is 2.95. The fraction of sp³-hybridized carbons (Fsp3) is 0.400. The summed E-state index contributed by atoms with van der Waals surface area (Å²) in [6.07, 6.45) is 3.74. The minimum absolute atomic E-state index is 0.571. The number of nitrogens with one attached hydrogen (secondary N) is 2. The Bertz CT molecular complexity index is 229. The predicted octanol–water partition coefficient (Wildman–Crippen LogP) is 2.96. The maximum atomic E-state index is 7.30. The molecule has 0 radical (unpaired) electrons. The van der Waals surface area contributed by atoms with E-state index >= 15 is 0 Å². The van der Waals surface area contributed by atoms with E-state index in [-0.39, 0.29) is 0 Å². The summed E-state index contributed by atoms with van der Waals surface area (Å²) in [7, 11) is 0. The normalized spacial score (nSPS) is 13.0. The highest BCUT2D eigenvalue weighted by Crippen LogP contribution is 1.99. The quantitative estimate of drug-likeness (QED) is 0.476. The maximum Gasteiger partial charge on any atom is 0.0312 e. The average molecular weight is 164 g/mol. The molecule has 2 N–H and O–H groups in total. The first-order valence-corrected chi connectivity index (χ1v) is 3.91. The molecule has 0 aliphatic rings. The SMILES string of the molecule is CC(=N)/C(C)=C/C=C(\C)C(C)=N. The molecule has 0 bridgehead atoms. The molecule has 0 heterocycles. The van der Waals surface area contributed by atoms with Gasteiger partial charge in [0, 0.05) is 11.4 Å². The van der Waals surface area contributed by atoms with Gasteiger partial charge >= 0.3 is 0 Å². The molecule has 12 heavy (non-hydrogen) atoms. The molecule has 0 aromatic carbocycles. The molecule has 0 saturated carbocycles. The van der Waals surface area contributed by atoms with Gasteiger partial charge in [-0.2, -0.15) is 0 Å². The zero-order chi connectivity index (χ0) is 9.72. The molecule has 0 aliphatic carbocycles. The lowest BCUT2D eigenvalue weighted by molar-refractivity contribution is 1.40. The first kappa shape index (κ1) is 10.8. The van der Waals surface area contributed by atoms with Crippen LogP contribution < -0.4 is 0 Å². The van der Waals surface area contributed by atoms with Gasteiger partial charge in [0.05, 0.1) is 0 Å². The molecule has 0 aromatic heterocycles. The minimum atomic E-state index is 0.571. The van der Waals surface area contributed by atoms with Gasteiger partial charge in [0.2, 0.25) is 0 Å². The molecule has 0 fully saturated rings. The van der Waals surface area contributed by atoms with Crippen LogP contribution in [0.3, 0.4) is 0 Å². The van der Waals surface area contributed by atoms with Crippen molar-refractivity contribution in [1.82, 2.24) is 0 Å². The monoisotopic (exact) mass is 164 g/mol. The fourth-order valence-electron chi connectivity index (χ4n) is 0.500. The lowest BCUT2D eigenvalue weighted by Gasteiger charge is -1.96. The van der Waals surface area contributed by atoms with Crippen LogP contribution in [0.5, 0.6) is 0 Å². The lowest BCUT2D eigenvalue weighted by atomic mass is 10.1. The van der Waals surface area contributed by atoms with Crippen LogP contribution in [0.15, 0.2) is 23.3 Å². The molecule has 0 amide bonds. The Morgan fingerprint density at radius 3 is 1.17 bits per heavy atom. The molecule has 2 heteroatoms. The van der Waals surface area contributed by atoms with Gasteiger partial charge in [-0.15, -0.1) is 0 Å². The third-order valence-electron chi connectivity index (χ3n) is 1.77. The van der Waals surface area contributed by atoms with E-state index < -0.39 is 0 Å². The molecular weight excluding hydrogens is 148 g/mol. The Hall–Kier alpha value is -1.18. The average Bonchev–Trinajstić information content (AvgIpc) is 1.98. The van der Waals surface area contributed by atoms with Crippen LogP contribution in [-0.4, -0.2) is 11.4 Å². The molecule has 0 rings (SSSR count). The highest BCUT2D eigenvalue weighted by atomic mass is 14.4. The Balaban J connectivity index is 4.48. The molecule has 0 unspecified atom stereocenters. The van der Waals surface area contributed by atoms with Crippen molar-refractivity contribution in [2.24, 2.45) is 0 Å². The summed E-state index contributed by atoms with van der Waals surface area (Å²) in [5.74, 6) is 0. The van der Waals surface area contributed by atoms with Crippen molar-refractivity contribution in [1.29, 1.82) is 10.8 Å². The van der Waals surface area contributed by atoms with E-state index in [0.717, 1.165) is 11.1 Å². The molecular formula is C10H16N2. The van der Waals surface area contributed by atoms with Gasteiger partial charge in [-0.3, -0.25) is 0 Å². The summed E-state index contributed by atoms with van der Waals surface area (Å²) in [6, 6.07) is 0. The molecule has 2 nitrogen and oxygen atoms in total. The molecule has 0 atom stereocenters. The first-order valence-electron chi connectivity index (χ1n) is 3.91. The van der Waals surface area contributed by atoms with E-state index in [1.807, 2.05) is 26.0 Å².